The molecular formula is C25H22N2O4S. The summed E-state index contributed by atoms with van der Waals surface area (Å²) in [5.74, 6) is -0.668. The number of esters is 1. The lowest BCUT2D eigenvalue weighted by atomic mass is 10.0. The van der Waals surface area contributed by atoms with Crippen LogP contribution in [0.3, 0.4) is 0 Å². The molecule has 0 fully saturated rings. The molecule has 2 heterocycles. The molecule has 162 valence electrons. The molecule has 0 aliphatic carbocycles. The smallest absolute Gasteiger partial charge is 0.349 e. The normalized spacial score (nSPS) is 11.0. The second-order valence-corrected chi connectivity index (χ2v) is 8.70. The number of fused-ring (bicyclic) bond motifs is 1. The zero-order valence-corrected chi connectivity index (χ0v) is 18.9. The fourth-order valence-electron chi connectivity index (χ4n) is 3.42. The molecular weight excluding hydrogens is 424 g/mol. The van der Waals surface area contributed by atoms with Crippen LogP contribution in [0.25, 0.3) is 10.2 Å². The molecule has 4 aromatic rings. The molecule has 0 unspecified atom stereocenters. The summed E-state index contributed by atoms with van der Waals surface area (Å²) >= 11 is 1.12. The van der Waals surface area contributed by atoms with Crippen LogP contribution in [0.4, 0.5) is 0 Å². The first-order chi connectivity index (χ1) is 15.3. The van der Waals surface area contributed by atoms with Crippen molar-refractivity contribution >= 4 is 33.3 Å². The van der Waals surface area contributed by atoms with E-state index in [0.29, 0.717) is 26.2 Å². The number of ether oxygens (including phenoxy) is 1. The summed E-state index contributed by atoms with van der Waals surface area (Å²) in [7, 11) is 0. The Morgan fingerprint density at radius 3 is 2.50 bits per heavy atom. The van der Waals surface area contributed by atoms with Crippen LogP contribution in [0, 0.1) is 20.8 Å². The fourth-order valence-corrected chi connectivity index (χ4v) is 4.45. The molecule has 0 radical (unpaired) electrons. The van der Waals surface area contributed by atoms with Crippen LogP contribution < -0.4 is 5.56 Å². The van der Waals surface area contributed by atoms with E-state index in [0.717, 1.165) is 28.0 Å². The van der Waals surface area contributed by atoms with E-state index in [-0.39, 0.29) is 24.5 Å². The van der Waals surface area contributed by atoms with Gasteiger partial charge in [0.05, 0.1) is 18.3 Å². The van der Waals surface area contributed by atoms with Crippen LogP contribution in [0.1, 0.15) is 42.3 Å². The van der Waals surface area contributed by atoms with Crippen molar-refractivity contribution < 1.29 is 14.3 Å². The number of nitrogens with zero attached hydrogens (tertiary/aromatic N) is 2. The Morgan fingerprint density at radius 2 is 1.78 bits per heavy atom. The van der Waals surface area contributed by atoms with Crippen LogP contribution in [0.2, 0.25) is 0 Å². The average Bonchev–Trinajstić information content (AvgIpc) is 3.13. The Morgan fingerprint density at radius 1 is 1.03 bits per heavy atom. The maximum atomic E-state index is 13.1. The maximum absolute atomic E-state index is 13.1. The van der Waals surface area contributed by atoms with Crippen molar-refractivity contribution in [1.29, 1.82) is 0 Å². The Bertz CT molecular complexity index is 1390. The molecule has 0 saturated heterocycles. The molecule has 0 bridgehead atoms. The second kappa shape index (κ2) is 8.88. The fraction of sp³-hybridized carbons (Fsp3) is 0.200. The quantitative estimate of drug-likeness (QED) is 0.319. The number of hydrogen-bond donors (Lipinski definition) is 0. The van der Waals surface area contributed by atoms with E-state index in [9.17, 15) is 14.4 Å². The van der Waals surface area contributed by atoms with E-state index in [1.165, 1.54) is 10.9 Å². The van der Waals surface area contributed by atoms with Gasteiger partial charge in [0.2, 0.25) is 0 Å². The lowest BCUT2D eigenvalue weighted by molar-refractivity contribution is 0.0477. The highest BCUT2D eigenvalue weighted by atomic mass is 32.1. The molecule has 0 spiro atoms. The van der Waals surface area contributed by atoms with Crippen LogP contribution in [-0.2, 0) is 17.9 Å². The number of carbonyl (C=O) groups is 2. The highest BCUT2D eigenvalue weighted by molar-refractivity contribution is 7.20. The Balaban J connectivity index is 1.59. The maximum Gasteiger partial charge on any atom is 0.349 e. The molecule has 0 aliphatic heterocycles. The molecule has 6 nitrogen and oxygen atoms in total. The Hall–Kier alpha value is -3.58. The second-order valence-electron chi connectivity index (χ2n) is 7.70. The van der Waals surface area contributed by atoms with Crippen molar-refractivity contribution in [2.24, 2.45) is 0 Å². The van der Waals surface area contributed by atoms with Gasteiger partial charge in [0, 0.05) is 5.56 Å². The van der Waals surface area contributed by atoms with Gasteiger partial charge in [0.25, 0.3) is 5.56 Å². The van der Waals surface area contributed by atoms with Gasteiger partial charge in [-0.2, -0.15) is 0 Å². The van der Waals surface area contributed by atoms with E-state index >= 15 is 0 Å². The molecule has 0 amide bonds. The summed E-state index contributed by atoms with van der Waals surface area (Å²) in [5, 5.41) is 0.344. The number of ketones is 1. The minimum atomic E-state index is -0.494. The van der Waals surface area contributed by atoms with Crippen molar-refractivity contribution in [3.05, 3.63) is 97.9 Å². The number of aromatic nitrogens is 2. The monoisotopic (exact) mass is 446 g/mol. The summed E-state index contributed by atoms with van der Waals surface area (Å²) in [6.45, 7) is 5.66. The van der Waals surface area contributed by atoms with E-state index in [2.05, 4.69) is 4.98 Å². The van der Waals surface area contributed by atoms with Gasteiger partial charge in [0.1, 0.15) is 16.3 Å². The summed E-state index contributed by atoms with van der Waals surface area (Å²) < 4.78 is 6.71. The van der Waals surface area contributed by atoms with Gasteiger partial charge in [0.15, 0.2) is 5.78 Å². The van der Waals surface area contributed by atoms with Gasteiger partial charge in [-0.05, 0) is 49.1 Å². The summed E-state index contributed by atoms with van der Waals surface area (Å²) in [4.78, 5) is 43.6. The average molecular weight is 447 g/mol. The lowest BCUT2D eigenvalue weighted by Gasteiger charge is -2.07. The van der Waals surface area contributed by atoms with Gasteiger partial charge in [-0.3, -0.25) is 14.2 Å². The lowest BCUT2D eigenvalue weighted by Crippen LogP contribution is -2.24. The molecule has 2 aromatic heterocycles. The molecule has 4 rings (SSSR count). The third-order valence-corrected chi connectivity index (χ3v) is 6.64. The van der Waals surface area contributed by atoms with E-state index in [1.807, 2.05) is 56.3 Å². The van der Waals surface area contributed by atoms with E-state index in [4.69, 9.17) is 4.74 Å². The van der Waals surface area contributed by atoms with Crippen molar-refractivity contribution in [2.75, 3.05) is 0 Å². The molecule has 7 heteroatoms. The first-order valence-electron chi connectivity index (χ1n) is 10.1. The van der Waals surface area contributed by atoms with Gasteiger partial charge in [-0.1, -0.05) is 42.5 Å². The number of Topliss-reactive ketones (excluding diaryl/α,β-unsaturated/α-hetero) is 1. The first-order valence-corrected chi connectivity index (χ1v) is 11.0. The van der Waals surface area contributed by atoms with Crippen LogP contribution in [0.15, 0.2) is 59.7 Å². The Kier molecular flexibility index (Phi) is 6.01. The number of aryl methyl sites for hydroxylation is 3. The van der Waals surface area contributed by atoms with Crippen LogP contribution >= 0.6 is 11.3 Å². The molecule has 0 atom stereocenters. The summed E-state index contributed by atoms with van der Waals surface area (Å²) in [6.07, 6.45) is 1.36. The highest BCUT2D eigenvalue weighted by Gasteiger charge is 2.21. The number of carbonyl (C=O) groups excluding carboxylic acids is 2. The van der Waals surface area contributed by atoms with Crippen molar-refractivity contribution in [3.63, 3.8) is 0 Å². The van der Waals surface area contributed by atoms with Crippen LogP contribution in [-0.4, -0.2) is 21.3 Å². The first kappa shape index (κ1) is 21.6. The number of thiophene rings is 1. The van der Waals surface area contributed by atoms with E-state index < -0.39 is 5.97 Å². The topological polar surface area (TPSA) is 78.3 Å². The zero-order valence-electron chi connectivity index (χ0n) is 18.0. The molecule has 32 heavy (non-hydrogen) atoms. The number of benzene rings is 2. The van der Waals surface area contributed by atoms with Crippen molar-refractivity contribution in [2.45, 2.75) is 33.9 Å². The van der Waals surface area contributed by atoms with Gasteiger partial charge < -0.3 is 4.74 Å². The Labute approximate surface area is 189 Å². The minimum absolute atomic E-state index is 0.118. The summed E-state index contributed by atoms with van der Waals surface area (Å²) in [5.41, 5.74) is 3.72. The van der Waals surface area contributed by atoms with Crippen LogP contribution in [0.5, 0.6) is 0 Å². The highest BCUT2D eigenvalue weighted by Crippen LogP contribution is 2.27. The molecule has 2 aromatic carbocycles. The van der Waals surface area contributed by atoms with Gasteiger partial charge in [-0.15, -0.1) is 11.3 Å². The predicted molar refractivity (Wildman–Crippen MR) is 124 cm³/mol. The molecule has 0 N–H and O–H groups in total. The third kappa shape index (κ3) is 4.24. The number of rotatable bonds is 6. The van der Waals surface area contributed by atoms with Crippen molar-refractivity contribution in [3.8, 4) is 0 Å². The zero-order chi connectivity index (χ0) is 22.8. The predicted octanol–water partition coefficient (Wildman–Crippen LogP) is 4.62. The van der Waals surface area contributed by atoms with Gasteiger partial charge in [-0.25, -0.2) is 9.78 Å². The number of hydrogen-bond acceptors (Lipinski definition) is 6. The largest absolute Gasteiger partial charge is 0.457 e. The standard InChI is InChI=1S/C25H22N2O4S/c1-15-9-10-19(11-16(15)2)20(28)12-27-14-26-23-21(24(27)29)17(3)22(32-23)25(30)31-13-18-7-5-4-6-8-18/h4-11,14H,12-13H2,1-3H3. The summed E-state index contributed by atoms with van der Waals surface area (Å²) in [6, 6.07) is 14.9. The molecule has 0 aliphatic rings. The minimum Gasteiger partial charge on any atom is -0.457 e. The van der Waals surface area contributed by atoms with E-state index in [1.54, 1.807) is 13.0 Å². The third-order valence-electron chi connectivity index (χ3n) is 5.46. The molecule has 0 saturated carbocycles. The van der Waals surface area contributed by atoms with Crippen molar-refractivity contribution in [1.82, 2.24) is 9.55 Å². The SMILES string of the molecule is Cc1ccc(C(=O)Cn2cnc3sc(C(=O)OCc4ccccc4)c(C)c3c2=O)cc1C. The van der Waals surface area contributed by atoms with Gasteiger partial charge >= 0.3 is 5.97 Å².